The maximum Gasteiger partial charge on any atom is 0.407 e. The number of nitro benzene ring substituents is 1. The van der Waals surface area contributed by atoms with Crippen molar-refractivity contribution < 1.29 is 23.2 Å². The number of piperidine rings is 1. The molecule has 0 saturated carbocycles. The molecule has 0 unspecified atom stereocenters. The van der Waals surface area contributed by atoms with Gasteiger partial charge in [-0.2, -0.15) is 0 Å². The summed E-state index contributed by atoms with van der Waals surface area (Å²) in [4.78, 5) is 23.8. The Morgan fingerprint density at radius 1 is 1.29 bits per heavy atom. The molecule has 1 N–H and O–H groups in total. The van der Waals surface area contributed by atoms with Crippen LogP contribution in [0.1, 0.15) is 12.0 Å². The molecule has 1 amide bonds. The summed E-state index contributed by atoms with van der Waals surface area (Å²) in [5.41, 5.74) is 0.549. The molecule has 28 heavy (non-hydrogen) atoms. The average Bonchev–Trinajstić information content (AvgIpc) is 2.68. The SMILES string of the molecule is O=C(N[C@H]1CCN(c2ccc(F)cc2[N+](=O)[O-])C[C@H]1F)OCc1ccccc1. The second-order valence-electron chi connectivity index (χ2n) is 6.45. The first kappa shape index (κ1) is 19.5. The van der Waals surface area contributed by atoms with Gasteiger partial charge >= 0.3 is 6.09 Å². The number of halogens is 2. The lowest BCUT2D eigenvalue weighted by molar-refractivity contribution is -0.384. The summed E-state index contributed by atoms with van der Waals surface area (Å²) in [5, 5.41) is 13.6. The van der Waals surface area contributed by atoms with Crippen LogP contribution >= 0.6 is 0 Å². The van der Waals surface area contributed by atoms with E-state index in [1.807, 2.05) is 18.2 Å². The van der Waals surface area contributed by atoms with E-state index >= 15 is 0 Å². The minimum atomic E-state index is -1.46. The van der Waals surface area contributed by atoms with Gasteiger partial charge in [-0.25, -0.2) is 13.6 Å². The number of benzene rings is 2. The molecule has 148 valence electrons. The molecule has 2 atom stereocenters. The number of hydrogen-bond acceptors (Lipinski definition) is 5. The Morgan fingerprint density at radius 3 is 2.71 bits per heavy atom. The lowest BCUT2D eigenvalue weighted by atomic mass is 10.0. The van der Waals surface area contributed by atoms with Crippen LogP contribution in [-0.2, 0) is 11.3 Å². The first-order chi connectivity index (χ1) is 13.4. The molecule has 9 heteroatoms. The maximum atomic E-state index is 14.6. The fourth-order valence-electron chi connectivity index (χ4n) is 3.11. The molecule has 0 aliphatic carbocycles. The number of alkyl halides is 1. The van der Waals surface area contributed by atoms with Crippen molar-refractivity contribution in [3.63, 3.8) is 0 Å². The summed E-state index contributed by atoms with van der Waals surface area (Å²) >= 11 is 0. The number of rotatable bonds is 5. The zero-order valence-corrected chi connectivity index (χ0v) is 14.9. The zero-order valence-electron chi connectivity index (χ0n) is 14.9. The molecular weight excluding hydrogens is 372 g/mol. The fourth-order valence-corrected chi connectivity index (χ4v) is 3.11. The van der Waals surface area contributed by atoms with E-state index < -0.39 is 34.7 Å². The summed E-state index contributed by atoms with van der Waals surface area (Å²) < 4.78 is 33.0. The number of anilines is 1. The second-order valence-corrected chi connectivity index (χ2v) is 6.45. The van der Waals surface area contributed by atoms with E-state index in [1.165, 1.54) is 11.0 Å². The lowest BCUT2D eigenvalue weighted by Gasteiger charge is -2.35. The third-order valence-electron chi connectivity index (χ3n) is 4.53. The van der Waals surface area contributed by atoms with Gasteiger partial charge in [-0.3, -0.25) is 10.1 Å². The molecule has 0 spiro atoms. The van der Waals surface area contributed by atoms with E-state index in [1.54, 1.807) is 12.1 Å². The highest BCUT2D eigenvalue weighted by Gasteiger charge is 2.33. The molecule has 3 rings (SSSR count). The van der Waals surface area contributed by atoms with Gasteiger partial charge in [-0.05, 0) is 24.1 Å². The van der Waals surface area contributed by atoms with Crippen LogP contribution in [0.4, 0.5) is 25.0 Å². The minimum absolute atomic E-state index is 0.0737. The molecule has 1 saturated heterocycles. The van der Waals surface area contributed by atoms with Crippen LogP contribution in [0.15, 0.2) is 48.5 Å². The van der Waals surface area contributed by atoms with Crippen LogP contribution in [0.25, 0.3) is 0 Å². The van der Waals surface area contributed by atoms with Gasteiger partial charge in [0.05, 0.1) is 23.6 Å². The minimum Gasteiger partial charge on any atom is -0.445 e. The smallest absolute Gasteiger partial charge is 0.407 e. The van der Waals surface area contributed by atoms with Gasteiger partial charge in [0.15, 0.2) is 0 Å². The first-order valence-corrected chi connectivity index (χ1v) is 8.74. The standard InChI is InChI=1S/C19H19F2N3O4/c20-14-6-7-17(18(10-14)24(26)27)23-9-8-16(15(21)11-23)22-19(25)28-12-13-4-2-1-3-5-13/h1-7,10,15-16H,8-9,11-12H2,(H,22,25)/t15-,16+/m1/s1. The summed E-state index contributed by atoms with van der Waals surface area (Å²) in [6.07, 6.45) is -1.95. The quantitative estimate of drug-likeness (QED) is 0.622. The molecule has 7 nitrogen and oxygen atoms in total. The Bertz CT molecular complexity index is 850. The van der Waals surface area contributed by atoms with E-state index in [2.05, 4.69) is 5.32 Å². The van der Waals surface area contributed by atoms with Crippen LogP contribution in [-0.4, -0.2) is 36.3 Å². The number of ether oxygens (including phenoxy) is 1. The molecule has 0 aromatic heterocycles. The molecule has 0 bridgehead atoms. The third kappa shape index (κ3) is 4.73. The molecule has 2 aromatic carbocycles. The van der Waals surface area contributed by atoms with E-state index in [9.17, 15) is 23.7 Å². The van der Waals surface area contributed by atoms with E-state index in [0.29, 0.717) is 0 Å². The van der Waals surface area contributed by atoms with Gasteiger partial charge in [-0.1, -0.05) is 30.3 Å². The topological polar surface area (TPSA) is 84.7 Å². The van der Waals surface area contributed by atoms with Gasteiger partial charge in [0.2, 0.25) is 0 Å². The largest absolute Gasteiger partial charge is 0.445 e. The Hall–Kier alpha value is -3.23. The number of nitrogens with one attached hydrogen (secondary N) is 1. The van der Waals surface area contributed by atoms with Crippen molar-refractivity contribution in [3.05, 3.63) is 70.0 Å². The van der Waals surface area contributed by atoms with Gasteiger partial charge in [0.25, 0.3) is 5.69 Å². The zero-order chi connectivity index (χ0) is 20.1. The number of carbonyl (C=O) groups excluding carboxylic acids is 1. The highest BCUT2D eigenvalue weighted by atomic mass is 19.1. The third-order valence-corrected chi connectivity index (χ3v) is 4.53. The van der Waals surface area contributed by atoms with E-state index in [0.717, 1.165) is 17.7 Å². The van der Waals surface area contributed by atoms with E-state index in [-0.39, 0.29) is 31.8 Å². The maximum absolute atomic E-state index is 14.6. The number of carbonyl (C=O) groups is 1. The van der Waals surface area contributed by atoms with Gasteiger partial charge in [0, 0.05) is 6.54 Å². The molecule has 1 fully saturated rings. The molecule has 1 aliphatic heterocycles. The number of nitro groups is 1. The lowest BCUT2D eigenvalue weighted by Crippen LogP contribution is -2.52. The van der Waals surface area contributed by atoms with Crippen LogP contribution in [0, 0.1) is 15.9 Å². The summed E-state index contributed by atoms with van der Waals surface area (Å²) in [6, 6.07) is 11.5. The normalized spacial score (nSPS) is 19.1. The second kappa shape index (κ2) is 8.64. The number of nitrogens with zero attached hydrogens (tertiary/aromatic N) is 2. The van der Waals surface area contributed by atoms with Crippen LogP contribution < -0.4 is 10.2 Å². The Labute approximate surface area is 160 Å². The van der Waals surface area contributed by atoms with Crippen molar-refractivity contribution in [3.8, 4) is 0 Å². The van der Waals surface area contributed by atoms with Gasteiger partial charge in [0.1, 0.15) is 24.3 Å². The van der Waals surface area contributed by atoms with Crippen LogP contribution in [0.3, 0.4) is 0 Å². The van der Waals surface area contributed by atoms with Crippen molar-refractivity contribution >= 4 is 17.5 Å². The van der Waals surface area contributed by atoms with Crippen molar-refractivity contribution in [1.82, 2.24) is 5.32 Å². The Kier molecular flexibility index (Phi) is 6.03. The average molecular weight is 391 g/mol. The fraction of sp³-hybridized carbons (Fsp3) is 0.316. The molecule has 1 aliphatic rings. The molecular formula is C19H19F2N3O4. The highest BCUT2D eigenvalue weighted by molar-refractivity contribution is 5.68. The van der Waals surface area contributed by atoms with Gasteiger partial charge < -0.3 is 15.0 Å². The highest BCUT2D eigenvalue weighted by Crippen LogP contribution is 2.31. The van der Waals surface area contributed by atoms with Crippen molar-refractivity contribution in [1.29, 1.82) is 0 Å². The summed E-state index contributed by atoms with van der Waals surface area (Å²) in [6.45, 7) is 0.191. The number of alkyl carbamates (subject to hydrolysis) is 1. The van der Waals surface area contributed by atoms with Crippen molar-refractivity contribution in [2.45, 2.75) is 25.2 Å². The number of hydrogen-bond donors (Lipinski definition) is 1. The summed E-state index contributed by atoms with van der Waals surface area (Å²) in [7, 11) is 0. The Balaban J connectivity index is 1.57. The van der Waals surface area contributed by atoms with Crippen LogP contribution in [0.2, 0.25) is 0 Å². The number of amides is 1. The molecule has 2 aromatic rings. The first-order valence-electron chi connectivity index (χ1n) is 8.74. The van der Waals surface area contributed by atoms with Gasteiger partial charge in [-0.15, -0.1) is 0 Å². The van der Waals surface area contributed by atoms with Crippen LogP contribution in [0.5, 0.6) is 0 Å². The Morgan fingerprint density at radius 2 is 2.04 bits per heavy atom. The summed E-state index contributed by atoms with van der Waals surface area (Å²) in [5.74, 6) is -0.732. The predicted molar refractivity (Wildman–Crippen MR) is 98.3 cm³/mol. The van der Waals surface area contributed by atoms with E-state index in [4.69, 9.17) is 4.74 Å². The monoisotopic (exact) mass is 391 g/mol. The molecule has 1 heterocycles. The van der Waals surface area contributed by atoms with Crippen molar-refractivity contribution in [2.75, 3.05) is 18.0 Å². The molecule has 0 radical (unpaired) electrons. The predicted octanol–water partition coefficient (Wildman–Crippen LogP) is 3.58. The van der Waals surface area contributed by atoms with Crippen molar-refractivity contribution in [2.24, 2.45) is 0 Å².